The van der Waals surface area contributed by atoms with E-state index in [0.717, 1.165) is 16.0 Å². The van der Waals surface area contributed by atoms with Gasteiger partial charge in [-0.05, 0) is 54.4 Å². The number of carbonyl (C=O) groups excluding carboxylic acids is 2. The standard InChI is InChI=1S/C25H24N2O6S/c1-4-32-25(29)24-19(14-22(34-24)17-7-10-20(30-2)21(13-17)31-3)27-23(28)15-33-18-8-5-16(6-9-18)11-12-26/h5-10,13-14H,4,11,15H2,1-3H3,(H,27,28). The van der Waals surface area contributed by atoms with Crippen molar-refractivity contribution in [2.24, 2.45) is 0 Å². The third kappa shape index (κ3) is 6.05. The molecule has 34 heavy (non-hydrogen) atoms. The van der Waals surface area contributed by atoms with Crippen molar-refractivity contribution in [3.05, 3.63) is 59.0 Å². The van der Waals surface area contributed by atoms with Gasteiger partial charge in [0.25, 0.3) is 5.91 Å². The number of amides is 1. The Bertz CT molecular complexity index is 1200. The van der Waals surface area contributed by atoms with E-state index in [0.29, 0.717) is 29.4 Å². The maximum Gasteiger partial charge on any atom is 0.350 e. The van der Waals surface area contributed by atoms with E-state index >= 15 is 0 Å². The van der Waals surface area contributed by atoms with Crippen molar-refractivity contribution in [3.63, 3.8) is 0 Å². The topological polar surface area (TPSA) is 107 Å². The van der Waals surface area contributed by atoms with Crippen LogP contribution in [-0.4, -0.2) is 39.3 Å². The highest BCUT2D eigenvalue weighted by atomic mass is 32.1. The number of hydrogen-bond acceptors (Lipinski definition) is 8. The molecular weight excluding hydrogens is 456 g/mol. The van der Waals surface area contributed by atoms with E-state index in [2.05, 4.69) is 11.4 Å². The molecule has 9 heteroatoms. The number of ether oxygens (including phenoxy) is 4. The van der Waals surface area contributed by atoms with Crippen LogP contribution in [0.25, 0.3) is 10.4 Å². The molecule has 0 saturated heterocycles. The summed E-state index contributed by atoms with van der Waals surface area (Å²) in [7, 11) is 3.10. The Hall–Kier alpha value is -4.03. The number of nitriles is 1. The van der Waals surface area contributed by atoms with E-state index < -0.39 is 11.9 Å². The molecule has 0 aliphatic rings. The van der Waals surface area contributed by atoms with Gasteiger partial charge in [-0.1, -0.05) is 12.1 Å². The average molecular weight is 481 g/mol. The molecule has 1 amide bonds. The summed E-state index contributed by atoms with van der Waals surface area (Å²) in [5.41, 5.74) is 1.99. The Morgan fingerprint density at radius 1 is 1.03 bits per heavy atom. The molecule has 0 bridgehead atoms. The number of esters is 1. The molecule has 0 saturated carbocycles. The summed E-state index contributed by atoms with van der Waals surface area (Å²) in [5.74, 6) is 0.677. The quantitative estimate of drug-likeness (QED) is 0.419. The van der Waals surface area contributed by atoms with Gasteiger partial charge >= 0.3 is 5.97 Å². The fraction of sp³-hybridized carbons (Fsp3) is 0.240. The van der Waals surface area contributed by atoms with Crippen LogP contribution in [0.5, 0.6) is 17.2 Å². The Morgan fingerprint density at radius 2 is 1.76 bits per heavy atom. The predicted octanol–water partition coefficient (Wildman–Crippen LogP) is 4.69. The second kappa shape index (κ2) is 11.7. The fourth-order valence-corrected chi connectivity index (χ4v) is 4.10. The molecule has 176 valence electrons. The zero-order chi connectivity index (χ0) is 24.5. The van der Waals surface area contributed by atoms with Crippen LogP contribution in [-0.2, 0) is 16.0 Å². The van der Waals surface area contributed by atoms with Gasteiger partial charge in [0.15, 0.2) is 18.1 Å². The molecule has 0 aliphatic carbocycles. The number of anilines is 1. The van der Waals surface area contributed by atoms with Crippen molar-refractivity contribution in [2.75, 3.05) is 32.8 Å². The van der Waals surface area contributed by atoms with Crippen molar-refractivity contribution in [2.45, 2.75) is 13.3 Å². The molecule has 0 radical (unpaired) electrons. The molecule has 2 aromatic carbocycles. The van der Waals surface area contributed by atoms with E-state index in [1.807, 2.05) is 6.07 Å². The number of rotatable bonds is 10. The molecule has 0 fully saturated rings. The normalized spacial score (nSPS) is 10.2. The average Bonchev–Trinajstić information content (AvgIpc) is 3.27. The van der Waals surface area contributed by atoms with E-state index in [1.165, 1.54) is 11.3 Å². The number of nitrogens with zero attached hydrogens (tertiary/aromatic N) is 1. The van der Waals surface area contributed by atoms with Gasteiger partial charge in [0.05, 0.1) is 39.0 Å². The maximum absolute atomic E-state index is 12.6. The predicted molar refractivity (Wildman–Crippen MR) is 129 cm³/mol. The van der Waals surface area contributed by atoms with Gasteiger partial charge in [-0.3, -0.25) is 4.79 Å². The van der Waals surface area contributed by atoms with Crippen molar-refractivity contribution in [3.8, 4) is 33.8 Å². The highest BCUT2D eigenvalue weighted by Gasteiger charge is 2.21. The molecule has 3 rings (SSSR count). The Morgan fingerprint density at radius 3 is 2.41 bits per heavy atom. The van der Waals surface area contributed by atoms with Gasteiger partial charge in [0.2, 0.25) is 0 Å². The van der Waals surface area contributed by atoms with Crippen molar-refractivity contribution < 1.29 is 28.5 Å². The van der Waals surface area contributed by atoms with Gasteiger partial charge in [0, 0.05) is 4.88 Å². The zero-order valence-corrected chi connectivity index (χ0v) is 19.9. The van der Waals surface area contributed by atoms with Crippen LogP contribution in [0, 0.1) is 11.3 Å². The number of methoxy groups -OCH3 is 2. The van der Waals surface area contributed by atoms with Gasteiger partial charge in [0.1, 0.15) is 10.6 Å². The van der Waals surface area contributed by atoms with Crippen molar-refractivity contribution in [1.29, 1.82) is 5.26 Å². The molecule has 1 heterocycles. The minimum Gasteiger partial charge on any atom is -0.493 e. The summed E-state index contributed by atoms with van der Waals surface area (Å²) in [6.45, 7) is 1.68. The molecule has 0 spiro atoms. The van der Waals surface area contributed by atoms with Crippen LogP contribution < -0.4 is 19.5 Å². The first-order valence-corrected chi connectivity index (χ1v) is 11.2. The number of nitrogens with one attached hydrogen (secondary N) is 1. The third-order valence-electron chi connectivity index (χ3n) is 4.71. The first-order valence-electron chi connectivity index (χ1n) is 10.4. The smallest absolute Gasteiger partial charge is 0.350 e. The summed E-state index contributed by atoms with van der Waals surface area (Å²) in [4.78, 5) is 26.1. The number of carbonyl (C=O) groups is 2. The molecular formula is C25H24N2O6S. The Kier molecular flexibility index (Phi) is 8.48. The van der Waals surface area contributed by atoms with Crippen molar-refractivity contribution >= 4 is 28.9 Å². The zero-order valence-electron chi connectivity index (χ0n) is 19.0. The summed E-state index contributed by atoms with van der Waals surface area (Å²) in [6.07, 6.45) is 0.304. The number of thiophene rings is 1. The minimum absolute atomic E-state index is 0.209. The number of hydrogen-bond donors (Lipinski definition) is 1. The molecule has 0 atom stereocenters. The van der Waals surface area contributed by atoms with Gasteiger partial charge < -0.3 is 24.3 Å². The highest BCUT2D eigenvalue weighted by molar-refractivity contribution is 7.18. The van der Waals surface area contributed by atoms with Gasteiger partial charge in [-0.15, -0.1) is 11.3 Å². The molecule has 0 aliphatic heterocycles. The maximum atomic E-state index is 12.6. The lowest BCUT2D eigenvalue weighted by Gasteiger charge is -2.08. The number of benzene rings is 2. The Labute approximate surface area is 201 Å². The summed E-state index contributed by atoms with van der Waals surface area (Å²) < 4.78 is 21.3. The first-order chi connectivity index (χ1) is 16.5. The summed E-state index contributed by atoms with van der Waals surface area (Å²) >= 11 is 1.20. The van der Waals surface area contributed by atoms with E-state index in [9.17, 15) is 9.59 Å². The van der Waals surface area contributed by atoms with E-state index in [1.54, 1.807) is 63.6 Å². The second-order valence-corrected chi connectivity index (χ2v) is 8.01. The van der Waals surface area contributed by atoms with Crippen molar-refractivity contribution in [1.82, 2.24) is 0 Å². The van der Waals surface area contributed by atoms with Crippen LogP contribution in [0.2, 0.25) is 0 Å². The molecule has 0 unspecified atom stereocenters. The van der Waals surface area contributed by atoms with Gasteiger partial charge in [-0.2, -0.15) is 5.26 Å². The van der Waals surface area contributed by atoms with E-state index in [4.69, 9.17) is 24.2 Å². The minimum atomic E-state index is -0.525. The SMILES string of the molecule is CCOC(=O)c1sc(-c2ccc(OC)c(OC)c2)cc1NC(=O)COc1ccc(CC#N)cc1. The second-order valence-electron chi connectivity index (χ2n) is 6.96. The lowest BCUT2D eigenvalue weighted by molar-refractivity contribution is -0.118. The Balaban J connectivity index is 1.78. The molecule has 1 aromatic heterocycles. The summed E-state index contributed by atoms with van der Waals surface area (Å²) in [5, 5.41) is 11.5. The molecule has 8 nitrogen and oxygen atoms in total. The van der Waals surface area contributed by atoms with Crippen LogP contribution >= 0.6 is 11.3 Å². The first kappa shape index (κ1) is 24.6. The third-order valence-corrected chi connectivity index (χ3v) is 5.88. The fourth-order valence-electron chi connectivity index (χ4n) is 3.09. The lowest BCUT2D eigenvalue weighted by atomic mass is 10.1. The van der Waals surface area contributed by atoms with Gasteiger partial charge in [-0.25, -0.2) is 4.79 Å². The van der Waals surface area contributed by atoms with Crippen LogP contribution in [0.15, 0.2) is 48.5 Å². The van der Waals surface area contributed by atoms with Crippen LogP contribution in [0.4, 0.5) is 5.69 Å². The monoisotopic (exact) mass is 480 g/mol. The molecule has 1 N–H and O–H groups in total. The van der Waals surface area contributed by atoms with E-state index in [-0.39, 0.29) is 18.1 Å². The molecule has 3 aromatic rings. The largest absolute Gasteiger partial charge is 0.493 e. The highest BCUT2D eigenvalue weighted by Crippen LogP contribution is 2.39. The van der Waals surface area contributed by atoms with Crippen LogP contribution in [0.1, 0.15) is 22.2 Å². The lowest BCUT2D eigenvalue weighted by Crippen LogP contribution is -2.21. The summed E-state index contributed by atoms with van der Waals surface area (Å²) in [6, 6.07) is 16.1. The van der Waals surface area contributed by atoms with Crippen LogP contribution in [0.3, 0.4) is 0 Å².